The van der Waals surface area contributed by atoms with Crippen molar-refractivity contribution in [2.75, 3.05) is 6.61 Å². The molecule has 1 unspecified atom stereocenters. The Morgan fingerprint density at radius 3 is 2.71 bits per heavy atom. The van der Waals surface area contributed by atoms with Crippen molar-refractivity contribution >= 4 is 0 Å². The maximum Gasteiger partial charge on any atom is 0.218 e. The molecule has 0 aliphatic rings. The van der Waals surface area contributed by atoms with E-state index in [1.165, 1.54) is 31.5 Å². The molecule has 0 saturated carbocycles. The van der Waals surface area contributed by atoms with Crippen molar-refractivity contribution < 1.29 is 9.13 Å². The van der Waals surface area contributed by atoms with Gasteiger partial charge in [-0.3, -0.25) is 0 Å². The van der Waals surface area contributed by atoms with Crippen molar-refractivity contribution in [3.8, 4) is 5.88 Å². The average Bonchev–Trinajstić information content (AvgIpc) is 2.46. The number of hydrogen-bond acceptors (Lipinski definition) is 3. The van der Waals surface area contributed by atoms with E-state index in [1.54, 1.807) is 0 Å². The molecule has 1 heterocycles. The van der Waals surface area contributed by atoms with E-state index in [9.17, 15) is 4.39 Å². The molecule has 0 aliphatic carbocycles. The summed E-state index contributed by atoms with van der Waals surface area (Å²) in [6.07, 6.45) is 5.92. The minimum Gasteiger partial charge on any atom is -0.477 e. The van der Waals surface area contributed by atoms with Crippen LogP contribution in [0.2, 0.25) is 0 Å². The molecule has 0 aliphatic heterocycles. The molecule has 0 aromatic carbocycles. The highest BCUT2D eigenvalue weighted by Gasteiger charge is 2.11. The standard InChI is InChI=1S/C17H29FN2O/c1-5-7-8-14(6-2)12-21-17-15(10-19-13(3)4)9-16(18)11-20-17/h9,11,13-14,19H,5-8,10,12H2,1-4H3. The minimum absolute atomic E-state index is 0.319. The second-order valence-electron chi connectivity index (χ2n) is 5.88. The third kappa shape index (κ3) is 6.89. The molecular formula is C17H29FN2O. The first-order valence-electron chi connectivity index (χ1n) is 8.07. The van der Waals surface area contributed by atoms with Crippen molar-refractivity contribution in [2.24, 2.45) is 5.92 Å². The maximum atomic E-state index is 13.4. The lowest BCUT2D eigenvalue weighted by Gasteiger charge is -2.17. The summed E-state index contributed by atoms with van der Waals surface area (Å²) in [5, 5.41) is 3.28. The summed E-state index contributed by atoms with van der Waals surface area (Å²) in [4.78, 5) is 4.11. The lowest BCUT2D eigenvalue weighted by molar-refractivity contribution is 0.223. The molecule has 1 atom stereocenters. The Morgan fingerprint density at radius 2 is 2.10 bits per heavy atom. The van der Waals surface area contributed by atoms with E-state index in [4.69, 9.17) is 4.74 Å². The van der Waals surface area contributed by atoms with E-state index in [0.717, 1.165) is 12.0 Å². The van der Waals surface area contributed by atoms with E-state index in [2.05, 4.69) is 38.0 Å². The molecule has 0 spiro atoms. The van der Waals surface area contributed by atoms with Crippen LogP contribution < -0.4 is 10.1 Å². The van der Waals surface area contributed by atoms with Gasteiger partial charge in [0.2, 0.25) is 5.88 Å². The van der Waals surface area contributed by atoms with E-state index in [1.807, 2.05) is 0 Å². The summed E-state index contributed by atoms with van der Waals surface area (Å²) >= 11 is 0. The first-order valence-corrected chi connectivity index (χ1v) is 8.07. The smallest absolute Gasteiger partial charge is 0.218 e. The normalized spacial score (nSPS) is 12.7. The first-order chi connectivity index (χ1) is 10.1. The Kier molecular flexibility index (Phi) is 8.28. The highest BCUT2D eigenvalue weighted by Crippen LogP contribution is 2.19. The summed E-state index contributed by atoms with van der Waals surface area (Å²) in [5.41, 5.74) is 0.786. The Hall–Kier alpha value is -1.16. The summed E-state index contributed by atoms with van der Waals surface area (Å²) in [6.45, 7) is 9.73. The van der Waals surface area contributed by atoms with Gasteiger partial charge in [-0.2, -0.15) is 0 Å². The van der Waals surface area contributed by atoms with Crippen LogP contribution in [0.4, 0.5) is 4.39 Å². The van der Waals surface area contributed by atoms with Crippen molar-refractivity contribution in [2.45, 2.75) is 66.0 Å². The van der Waals surface area contributed by atoms with Gasteiger partial charge in [-0.05, 0) is 18.4 Å². The van der Waals surface area contributed by atoms with Gasteiger partial charge in [-0.1, -0.05) is 47.0 Å². The molecule has 0 bridgehead atoms. The van der Waals surface area contributed by atoms with Gasteiger partial charge < -0.3 is 10.1 Å². The van der Waals surface area contributed by atoms with Crippen molar-refractivity contribution in [1.29, 1.82) is 0 Å². The number of aromatic nitrogens is 1. The fraction of sp³-hybridized carbons (Fsp3) is 0.706. The van der Waals surface area contributed by atoms with Gasteiger partial charge in [0.05, 0.1) is 12.8 Å². The molecule has 1 N–H and O–H groups in total. The van der Waals surface area contributed by atoms with Crippen LogP contribution in [-0.2, 0) is 6.54 Å². The minimum atomic E-state index is -0.319. The number of pyridine rings is 1. The van der Waals surface area contributed by atoms with Crippen LogP contribution in [0.15, 0.2) is 12.3 Å². The van der Waals surface area contributed by atoms with Crippen LogP contribution in [0.3, 0.4) is 0 Å². The third-order valence-corrected chi connectivity index (χ3v) is 3.59. The molecule has 0 saturated heterocycles. The second-order valence-corrected chi connectivity index (χ2v) is 5.88. The molecule has 21 heavy (non-hydrogen) atoms. The van der Waals surface area contributed by atoms with Gasteiger partial charge in [-0.25, -0.2) is 9.37 Å². The lowest BCUT2D eigenvalue weighted by atomic mass is 10.0. The van der Waals surface area contributed by atoms with Crippen LogP contribution in [0.5, 0.6) is 5.88 Å². The Morgan fingerprint density at radius 1 is 1.33 bits per heavy atom. The number of unbranched alkanes of at least 4 members (excludes halogenated alkanes) is 1. The zero-order chi connectivity index (χ0) is 15.7. The molecule has 3 nitrogen and oxygen atoms in total. The van der Waals surface area contributed by atoms with Crippen LogP contribution in [-0.4, -0.2) is 17.6 Å². The SMILES string of the molecule is CCCCC(CC)COc1ncc(F)cc1CNC(C)C. The summed E-state index contributed by atoms with van der Waals surface area (Å²) < 4.78 is 19.2. The fourth-order valence-electron chi connectivity index (χ4n) is 2.13. The van der Waals surface area contributed by atoms with Gasteiger partial charge in [0.25, 0.3) is 0 Å². The maximum absolute atomic E-state index is 13.4. The molecule has 1 aromatic heterocycles. The van der Waals surface area contributed by atoms with E-state index < -0.39 is 0 Å². The molecule has 1 aromatic rings. The van der Waals surface area contributed by atoms with Crippen molar-refractivity contribution in [1.82, 2.24) is 10.3 Å². The molecule has 0 fully saturated rings. The lowest BCUT2D eigenvalue weighted by Crippen LogP contribution is -2.23. The van der Waals surface area contributed by atoms with Crippen LogP contribution in [0, 0.1) is 11.7 Å². The third-order valence-electron chi connectivity index (χ3n) is 3.59. The molecule has 1 rings (SSSR count). The van der Waals surface area contributed by atoms with Crippen LogP contribution in [0.25, 0.3) is 0 Å². The quantitative estimate of drug-likeness (QED) is 0.698. The van der Waals surface area contributed by atoms with Gasteiger partial charge in [0.15, 0.2) is 0 Å². The summed E-state index contributed by atoms with van der Waals surface area (Å²) in [7, 11) is 0. The summed E-state index contributed by atoms with van der Waals surface area (Å²) in [6, 6.07) is 1.85. The topological polar surface area (TPSA) is 34.1 Å². The highest BCUT2D eigenvalue weighted by atomic mass is 19.1. The van der Waals surface area contributed by atoms with Gasteiger partial charge in [0.1, 0.15) is 5.82 Å². The molecular weight excluding hydrogens is 267 g/mol. The fourth-order valence-corrected chi connectivity index (χ4v) is 2.13. The number of nitrogens with zero attached hydrogens (tertiary/aromatic N) is 1. The Bertz CT molecular complexity index is 410. The largest absolute Gasteiger partial charge is 0.477 e. The van der Waals surface area contributed by atoms with E-state index >= 15 is 0 Å². The van der Waals surface area contributed by atoms with Gasteiger partial charge in [-0.15, -0.1) is 0 Å². The molecule has 120 valence electrons. The van der Waals surface area contributed by atoms with Crippen molar-refractivity contribution in [3.05, 3.63) is 23.6 Å². The molecule has 0 radical (unpaired) electrons. The monoisotopic (exact) mass is 296 g/mol. The summed E-state index contributed by atoms with van der Waals surface area (Å²) in [5.74, 6) is 0.781. The highest BCUT2D eigenvalue weighted by molar-refractivity contribution is 5.26. The number of hydrogen-bond donors (Lipinski definition) is 1. The average molecular weight is 296 g/mol. The zero-order valence-electron chi connectivity index (χ0n) is 13.8. The predicted molar refractivity (Wildman–Crippen MR) is 85.0 cm³/mol. The van der Waals surface area contributed by atoms with Gasteiger partial charge in [0, 0.05) is 18.2 Å². The number of rotatable bonds is 10. The molecule has 0 amide bonds. The predicted octanol–water partition coefficient (Wildman–Crippen LogP) is 4.31. The second kappa shape index (κ2) is 9.72. The van der Waals surface area contributed by atoms with E-state index in [0.29, 0.717) is 31.0 Å². The Labute approximate surface area is 128 Å². The Balaban J connectivity index is 2.63. The zero-order valence-corrected chi connectivity index (χ0v) is 13.8. The van der Waals surface area contributed by atoms with Gasteiger partial charge >= 0.3 is 0 Å². The van der Waals surface area contributed by atoms with Crippen molar-refractivity contribution in [3.63, 3.8) is 0 Å². The van der Waals surface area contributed by atoms with E-state index in [-0.39, 0.29) is 5.82 Å². The number of halogens is 1. The number of nitrogens with one attached hydrogen (secondary N) is 1. The van der Waals surface area contributed by atoms with Crippen LogP contribution in [0.1, 0.15) is 58.9 Å². The van der Waals surface area contributed by atoms with Crippen LogP contribution >= 0.6 is 0 Å². The molecule has 4 heteroatoms. The number of ether oxygens (including phenoxy) is 1. The first kappa shape index (κ1) is 17.9.